The monoisotopic (exact) mass is 313 g/mol. The fourth-order valence-corrected chi connectivity index (χ4v) is 1.77. The van der Waals surface area contributed by atoms with Crippen LogP contribution in [0.5, 0.6) is 17.2 Å². The molecule has 0 aliphatic carbocycles. The van der Waals surface area contributed by atoms with E-state index in [0.717, 1.165) is 18.2 Å². The van der Waals surface area contributed by atoms with Gasteiger partial charge in [-0.1, -0.05) is 17.7 Å². The lowest BCUT2D eigenvalue weighted by molar-refractivity contribution is -0.0499. The first-order valence-electron chi connectivity index (χ1n) is 5.61. The van der Waals surface area contributed by atoms with E-state index in [1.54, 1.807) is 6.07 Å². The normalized spacial score (nSPS) is 10.3. The summed E-state index contributed by atoms with van der Waals surface area (Å²) in [5.41, 5.74) is 0.0237. The standard InChI is InChI=1S/C14H7ClF3NO2/c15-11-2-1-3-12(16)13(11)20-9-4-8(7-19)5-10(6-9)21-14(17)18/h1-6,14H. The van der Waals surface area contributed by atoms with Crippen LogP contribution in [-0.4, -0.2) is 6.61 Å². The molecule has 2 aromatic carbocycles. The van der Waals surface area contributed by atoms with Gasteiger partial charge in [0.05, 0.1) is 16.7 Å². The number of hydrogen-bond acceptors (Lipinski definition) is 3. The molecule has 0 aliphatic heterocycles. The molecule has 2 rings (SSSR count). The number of benzene rings is 2. The molecule has 0 saturated heterocycles. The van der Waals surface area contributed by atoms with E-state index in [1.807, 2.05) is 0 Å². The molecule has 108 valence electrons. The lowest BCUT2D eigenvalue weighted by Gasteiger charge is -2.11. The van der Waals surface area contributed by atoms with Crippen molar-refractivity contribution < 1.29 is 22.6 Å². The Labute approximate surface area is 123 Å². The fourth-order valence-electron chi connectivity index (χ4n) is 1.56. The second-order valence-corrected chi connectivity index (χ2v) is 4.24. The number of ether oxygens (including phenoxy) is 2. The van der Waals surface area contributed by atoms with E-state index >= 15 is 0 Å². The Morgan fingerprint density at radius 3 is 2.48 bits per heavy atom. The third kappa shape index (κ3) is 3.80. The van der Waals surface area contributed by atoms with Crippen molar-refractivity contribution in [2.75, 3.05) is 0 Å². The number of hydrogen-bond donors (Lipinski definition) is 0. The number of alkyl halides is 2. The maximum atomic E-state index is 13.6. The van der Waals surface area contributed by atoms with E-state index in [9.17, 15) is 13.2 Å². The van der Waals surface area contributed by atoms with Crippen molar-refractivity contribution in [2.24, 2.45) is 0 Å². The van der Waals surface area contributed by atoms with Crippen LogP contribution >= 0.6 is 11.6 Å². The van der Waals surface area contributed by atoms with E-state index < -0.39 is 12.4 Å². The lowest BCUT2D eigenvalue weighted by atomic mass is 10.2. The van der Waals surface area contributed by atoms with Gasteiger partial charge in [-0.3, -0.25) is 0 Å². The highest BCUT2D eigenvalue weighted by molar-refractivity contribution is 6.32. The Morgan fingerprint density at radius 2 is 1.86 bits per heavy atom. The molecule has 2 aromatic rings. The van der Waals surface area contributed by atoms with Crippen LogP contribution in [0.2, 0.25) is 5.02 Å². The van der Waals surface area contributed by atoms with Crippen LogP contribution in [0.1, 0.15) is 5.56 Å². The lowest BCUT2D eigenvalue weighted by Crippen LogP contribution is -2.02. The van der Waals surface area contributed by atoms with Crippen molar-refractivity contribution in [1.29, 1.82) is 5.26 Å². The van der Waals surface area contributed by atoms with E-state index in [2.05, 4.69) is 4.74 Å². The topological polar surface area (TPSA) is 42.2 Å². The highest BCUT2D eigenvalue weighted by atomic mass is 35.5. The van der Waals surface area contributed by atoms with Gasteiger partial charge in [-0.25, -0.2) is 4.39 Å². The van der Waals surface area contributed by atoms with Crippen LogP contribution in [-0.2, 0) is 0 Å². The summed E-state index contributed by atoms with van der Waals surface area (Å²) >= 11 is 5.80. The minimum Gasteiger partial charge on any atom is -0.453 e. The van der Waals surface area contributed by atoms with Crippen LogP contribution < -0.4 is 9.47 Å². The molecule has 3 nitrogen and oxygen atoms in total. The molecule has 0 unspecified atom stereocenters. The molecule has 0 bridgehead atoms. The largest absolute Gasteiger partial charge is 0.453 e. The Kier molecular flexibility index (Phi) is 4.55. The number of nitrogens with zero attached hydrogens (tertiary/aromatic N) is 1. The summed E-state index contributed by atoms with van der Waals surface area (Å²) in [5, 5.41) is 8.86. The van der Waals surface area contributed by atoms with E-state index in [-0.39, 0.29) is 27.8 Å². The molecule has 0 saturated carbocycles. The molecule has 7 heteroatoms. The first-order chi connectivity index (χ1) is 9.99. The molecule has 0 aliphatic rings. The SMILES string of the molecule is N#Cc1cc(Oc2c(F)cccc2Cl)cc(OC(F)F)c1. The predicted octanol–water partition coefficient (Wildman–Crippen LogP) is 4.74. The van der Waals surface area contributed by atoms with Crippen molar-refractivity contribution in [2.45, 2.75) is 6.61 Å². The highest BCUT2D eigenvalue weighted by Gasteiger charge is 2.12. The maximum absolute atomic E-state index is 13.6. The van der Waals surface area contributed by atoms with Crippen LogP contribution in [0.3, 0.4) is 0 Å². The Balaban J connectivity index is 2.38. The van der Waals surface area contributed by atoms with Gasteiger partial charge in [-0.05, 0) is 24.3 Å². The van der Waals surface area contributed by atoms with Crippen molar-refractivity contribution in [3.8, 4) is 23.3 Å². The van der Waals surface area contributed by atoms with Crippen LogP contribution in [0.25, 0.3) is 0 Å². The van der Waals surface area contributed by atoms with Gasteiger partial charge >= 0.3 is 6.61 Å². The first kappa shape index (κ1) is 15.0. The first-order valence-corrected chi connectivity index (χ1v) is 5.99. The molecule has 0 N–H and O–H groups in total. The van der Waals surface area contributed by atoms with Crippen LogP contribution in [0.4, 0.5) is 13.2 Å². The maximum Gasteiger partial charge on any atom is 0.387 e. The zero-order valence-corrected chi connectivity index (χ0v) is 11.1. The number of para-hydroxylation sites is 1. The average Bonchev–Trinajstić information content (AvgIpc) is 2.42. The highest BCUT2D eigenvalue weighted by Crippen LogP contribution is 2.34. The van der Waals surface area contributed by atoms with E-state index in [0.29, 0.717) is 0 Å². The van der Waals surface area contributed by atoms with Gasteiger partial charge in [-0.2, -0.15) is 14.0 Å². The molecule has 21 heavy (non-hydrogen) atoms. The van der Waals surface area contributed by atoms with Crippen LogP contribution in [0.15, 0.2) is 36.4 Å². The number of rotatable bonds is 4. The Morgan fingerprint density at radius 1 is 1.14 bits per heavy atom. The summed E-state index contributed by atoms with van der Waals surface area (Å²) < 4.78 is 47.5. The average molecular weight is 314 g/mol. The van der Waals surface area contributed by atoms with Gasteiger partial charge in [0.2, 0.25) is 0 Å². The van der Waals surface area contributed by atoms with Gasteiger partial charge in [0, 0.05) is 6.07 Å². The summed E-state index contributed by atoms with van der Waals surface area (Å²) in [4.78, 5) is 0. The van der Waals surface area contributed by atoms with Gasteiger partial charge in [0.1, 0.15) is 11.5 Å². The number of halogens is 4. The van der Waals surface area contributed by atoms with E-state index in [4.69, 9.17) is 21.6 Å². The zero-order valence-electron chi connectivity index (χ0n) is 10.3. The Hall–Kier alpha value is -2.39. The van der Waals surface area contributed by atoms with Gasteiger partial charge in [-0.15, -0.1) is 0 Å². The summed E-state index contributed by atoms with van der Waals surface area (Å²) in [7, 11) is 0. The molecular formula is C14H7ClF3NO2. The summed E-state index contributed by atoms with van der Waals surface area (Å²) in [5.74, 6) is -1.30. The third-order valence-corrected chi connectivity index (χ3v) is 2.67. The molecule has 0 atom stereocenters. The van der Waals surface area contributed by atoms with Gasteiger partial charge in [0.15, 0.2) is 11.6 Å². The molecule has 0 aromatic heterocycles. The van der Waals surface area contributed by atoms with Crippen molar-refractivity contribution in [3.63, 3.8) is 0 Å². The third-order valence-electron chi connectivity index (χ3n) is 2.37. The summed E-state index contributed by atoms with van der Waals surface area (Å²) in [6.45, 7) is -3.05. The summed E-state index contributed by atoms with van der Waals surface area (Å²) in [6.07, 6.45) is 0. The minimum atomic E-state index is -3.05. The molecule has 0 fully saturated rings. The van der Waals surface area contributed by atoms with Gasteiger partial charge in [0.25, 0.3) is 0 Å². The quantitative estimate of drug-likeness (QED) is 0.818. The minimum absolute atomic E-state index is 0.00805. The molecule has 0 radical (unpaired) electrons. The molecular weight excluding hydrogens is 307 g/mol. The smallest absolute Gasteiger partial charge is 0.387 e. The predicted molar refractivity (Wildman–Crippen MR) is 69.3 cm³/mol. The van der Waals surface area contributed by atoms with E-state index in [1.165, 1.54) is 18.2 Å². The van der Waals surface area contributed by atoms with Crippen molar-refractivity contribution in [3.05, 3.63) is 52.8 Å². The van der Waals surface area contributed by atoms with Crippen molar-refractivity contribution >= 4 is 11.6 Å². The number of nitriles is 1. The summed E-state index contributed by atoms with van der Waals surface area (Å²) in [6, 6.07) is 9.16. The zero-order chi connectivity index (χ0) is 15.4. The van der Waals surface area contributed by atoms with Crippen molar-refractivity contribution in [1.82, 2.24) is 0 Å². The van der Waals surface area contributed by atoms with Crippen LogP contribution in [0, 0.1) is 17.1 Å². The van der Waals surface area contributed by atoms with Gasteiger partial charge < -0.3 is 9.47 Å². The Bertz CT molecular complexity index is 681. The molecule has 0 heterocycles. The molecule has 0 amide bonds. The molecule has 0 spiro atoms. The second kappa shape index (κ2) is 6.37. The fraction of sp³-hybridized carbons (Fsp3) is 0.0714. The second-order valence-electron chi connectivity index (χ2n) is 3.84.